The molecule has 1 fully saturated rings. The number of aliphatic hydroxyl groups excluding tert-OH is 1. The number of rotatable bonds is 7. The molecule has 1 heterocycles. The standard InChI is InChI=1S/C17H25FN2O3/c18-16-3-1-14(2-4-16)13-15-5-8-20(9-6-15)17(22)19-7-11-23-12-10-21/h1-4,15,21H,5-13H2,(H,19,22). The van der Waals surface area contributed by atoms with Gasteiger partial charge in [-0.2, -0.15) is 0 Å². The predicted octanol–water partition coefficient (Wildman–Crippen LogP) is 1.80. The summed E-state index contributed by atoms with van der Waals surface area (Å²) in [6.07, 6.45) is 2.86. The molecule has 2 rings (SSSR count). The summed E-state index contributed by atoms with van der Waals surface area (Å²) in [7, 11) is 0. The first kappa shape index (κ1) is 17.7. The lowest BCUT2D eigenvalue weighted by Crippen LogP contribution is -2.45. The van der Waals surface area contributed by atoms with Gasteiger partial charge in [0.25, 0.3) is 0 Å². The molecule has 23 heavy (non-hydrogen) atoms. The first-order chi connectivity index (χ1) is 11.2. The lowest BCUT2D eigenvalue weighted by Gasteiger charge is -2.32. The number of carbonyl (C=O) groups is 1. The van der Waals surface area contributed by atoms with Crippen molar-refractivity contribution in [1.82, 2.24) is 10.2 Å². The van der Waals surface area contributed by atoms with E-state index < -0.39 is 0 Å². The van der Waals surface area contributed by atoms with Crippen LogP contribution in [0.15, 0.2) is 24.3 Å². The fourth-order valence-electron chi connectivity index (χ4n) is 2.80. The van der Waals surface area contributed by atoms with Gasteiger partial charge in [-0.3, -0.25) is 0 Å². The van der Waals surface area contributed by atoms with Crippen molar-refractivity contribution in [2.45, 2.75) is 19.3 Å². The molecule has 0 bridgehead atoms. The van der Waals surface area contributed by atoms with E-state index in [0.717, 1.165) is 37.9 Å². The minimum atomic E-state index is -0.205. The summed E-state index contributed by atoms with van der Waals surface area (Å²) >= 11 is 0. The molecule has 0 spiro atoms. The van der Waals surface area contributed by atoms with E-state index in [4.69, 9.17) is 9.84 Å². The molecule has 1 aliphatic heterocycles. The SMILES string of the molecule is O=C(NCCOCCO)N1CCC(Cc2ccc(F)cc2)CC1. The van der Waals surface area contributed by atoms with Gasteiger partial charge in [-0.25, -0.2) is 9.18 Å². The number of ether oxygens (including phenoxy) is 1. The van der Waals surface area contributed by atoms with Crippen molar-refractivity contribution in [2.75, 3.05) is 39.5 Å². The van der Waals surface area contributed by atoms with Crippen LogP contribution >= 0.6 is 0 Å². The van der Waals surface area contributed by atoms with E-state index in [2.05, 4.69) is 5.32 Å². The predicted molar refractivity (Wildman–Crippen MR) is 85.7 cm³/mol. The molecule has 1 saturated heterocycles. The Hall–Kier alpha value is -1.66. The largest absolute Gasteiger partial charge is 0.394 e. The Labute approximate surface area is 136 Å². The quantitative estimate of drug-likeness (QED) is 0.752. The van der Waals surface area contributed by atoms with Crippen molar-refractivity contribution < 1.29 is 19.0 Å². The molecule has 2 amide bonds. The number of nitrogens with zero attached hydrogens (tertiary/aromatic N) is 1. The van der Waals surface area contributed by atoms with Crippen LogP contribution in [-0.4, -0.2) is 55.5 Å². The van der Waals surface area contributed by atoms with E-state index in [1.165, 1.54) is 12.1 Å². The minimum Gasteiger partial charge on any atom is -0.394 e. The van der Waals surface area contributed by atoms with Crippen LogP contribution in [0, 0.1) is 11.7 Å². The lowest BCUT2D eigenvalue weighted by atomic mass is 9.90. The summed E-state index contributed by atoms with van der Waals surface area (Å²) in [6, 6.07) is 6.60. The van der Waals surface area contributed by atoms with E-state index in [0.29, 0.717) is 25.7 Å². The number of hydrogen-bond acceptors (Lipinski definition) is 3. The first-order valence-electron chi connectivity index (χ1n) is 8.15. The van der Waals surface area contributed by atoms with Gasteiger partial charge in [0.1, 0.15) is 5.82 Å². The number of piperidine rings is 1. The summed E-state index contributed by atoms with van der Waals surface area (Å²) in [6.45, 7) is 2.65. The van der Waals surface area contributed by atoms with Crippen molar-refractivity contribution >= 4 is 6.03 Å². The molecule has 0 saturated carbocycles. The number of urea groups is 1. The topological polar surface area (TPSA) is 61.8 Å². The molecule has 6 heteroatoms. The molecule has 2 N–H and O–H groups in total. The van der Waals surface area contributed by atoms with E-state index >= 15 is 0 Å². The van der Waals surface area contributed by atoms with Crippen molar-refractivity contribution in [3.8, 4) is 0 Å². The molecule has 0 aliphatic carbocycles. The van der Waals surface area contributed by atoms with E-state index in [9.17, 15) is 9.18 Å². The van der Waals surface area contributed by atoms with Crippen LogP contribution in [0.2, 0.25) is 0 Å². The van der Waals surface area contributed by atoms with E-state index in [-0.39, 0.29) is 18.5 Å². The molecular weight excluding hydrogens is 299 g/mol. The Balaban J connectivity index is 1.65. The zero-order valence-electron chi connectivity index (χ0n) is 13.3. The van der Waals surface area contributed by atoms with Crippen LogP contribution in [0.5, 0.6) is 0 Å². The van der Waals surface area contributed by atoms with Gasteiger partial charge in [0.15, 0.2) is 0 Å². The Kier molecular flexibility index (Phi) is 7.29. The smallest absolute Gasteiger partial charge is 0.317 e. The van der Waals surface area contributed by atoms with E-state index in [1.54, 1.807) is 0 Å². The summed E-state index contributed by atoms with van der Waals surface area (Å²) in [5.41, 5.74) is 1.15. The highest BCUT2D eigenvalue weighted by Crippen LogP contribution is 2.21. The molecule has 0 atom stereocenters. The minimum absolute atomic E-state index is 0.00445. The van der Waals surface area contributed by atoms with Crippen molar-refractivity contribution in [2.24, 2.45) is 5.92 Å². The number of nitrogens with one attached hydrogen (secondary N) is 1. The van der Waals surface area contributed by atoms with Gasteiger partial charge < -0.3 is 20.1 Å². The monoisotopic (exact) mass is 324 g/mol. The maximum atomic E-state index is 12.9. The molecule has 0 radical (unpaired) electrons. The third-order valence-electron chi connectivity index (χ3n) is 4.10. The number of carbonyl (C=O) groups excluding carboxylic acids is 1. The van der Waals surface area contributed by atoms with Crippen LogP contribution in [-0.2, 0) is 11.2 Å². The van der Waals surface area contributed by atoms with Crippen LogP contribution in [0.25, 0.3) is 0 Å². The Bertz CT molecular complexity index is 473. The number of halogens is 1. The second kappa shape index (κ2) is 9.47. The number of likely N-dealkylation sites (tertiary alicyclic amines) is 1. The van der Waals surface area contributed by atoms with Gasteiger partial charge >= 0.3 is 6.03 Å². The Morgan fingerprint density at radius 3 is 2.61 bits per heavy atom. The molecule has 5 nitrogen and oxygen atoms in total. The summed E-state index contributed by atoms with van der Waals surface area (Å²) in [5, 5.41) is 11.4. The Morgan fingerprint density at radius 1 is 1.26 bits per heavy atom. The highest BCUT2D eigenvalue weighted by atomic mass is 19.1. The van der Waals surface area contributed by atoms with Crippen molar-refractivity contribution in [3.05, 3.63) is 35.6 Å². The molecule has 128 valence electrons. The second-order valence-electron chi connectivity index (χ2n) is 5.83. The lowest BCUT2D eigenvalue weighted by molar-refractivity contribution is 0.0931. The van der Waals surface area contributed by atoms with Crippen LogP contribution < -0.4 is 5.32 Å². The third-order valence-corrected chi connectivity index (χ3v) is 4.10. The number of amides is 2. The molecule has 0 unspecified atom stereocenters. The molecule has 0 aromatic heterocycles. The molecule has 1 aliphatic rings. The second-order valence-corrected chi connectivity index (χ2v) is 5.83. The zero-order valence-corrected chi connectivity index (χ0v) is 13.3. The first-order valence-corrected chi connectivity index (χ1v) is 8.15. The van der Waals surface area contributed by atoms with Gasteiger partial charge in [-0.15, -0.1) is 0 Å². The Morgan fingerprint density at radius 2 is 1.96 bits per heavy atom. The van der Waals surface area contributed by atoms with Gasteiger partial charge in [-0.1, -0.05) is 12.1 Å². The summed E-state index contributed by atoms with van der Waals surface area (Å²) in [4.78, 5) is 13.8. The van der Waals surface area contributed by atoms with Gasteiger partial charge in [0.05, 0.1) is 19.8 Å². The van der Waals surface area contributed by atoms with E-state index in [1.807, 2.05) is 17.0 Å². The average Bonchev–Trinajstić information content (AvgIpc) is 2.57. The van der Waals surface area contributed by atoms with Crippen LogP contribution in [0.1, 0.15) is 18.4 Å². The maximum absolute atomic E-state index is 12.9. The fourth-order valence-corrected chi connectivity index (χ4v) is 2.80. The zero-order chi connectivity index (χ0) is 16.5. The highest BCUT2D eigenvalue weighted by molar-refractivity contribution is 5.74. The number of aliphatic hydroxyl groups is 1. The maximum Gasteiger partial charge on any atom is 0.317 e. The van der Waals surface area contributed by atoms with Gasteiger partial charge in [0.2, 0.25) is 0 Å². The highest BCUT2D eigenvalue weighted by Gasteiger charge is 2.22. The summed E-state index contributed by atoms with van der Waals surface area (Å²) in [5.74, 6) is 0.334. The van der Waals surface area contributed by atoms with Gasteiger partial charge in [-0.05, 0) is 42.9 Å². The van der Waals surface area contributed by atoms with Crippen molar-refractivity contribution in [1.29, 1.82) is 0 Å². The van der Waals surface area contributed by atoms with Crippen LogP contribution in [0.4, 0.5) is 9.18 Å². The fraction of sp³-hybridized carbons (Fsp3) is 0.588. The molecule has 1 aromatic rings. The number of hydrogen-bond donors (Lipinski definition) is 2. The molecular formula is C17H25FN2O3. The third kappa shape index (κ3) is 6.15. The van der Waals surface area contributed by atoms with Crippen LogP contribution in [0.3, 0.4) is 0 Å². The molecule has 1 aromatic carbocycles. The average molecular weight is 324 g/mol. The van der Waals surface area contributed by atoms with Gasteiger partial charge in [0, 0.05) is 19.6 Å². The summed E-state index contributed by atoms with van der Waals surface area (Å²) < 4.78 is 18.0. The van der Waals surface area contributed by atoms with Crippen molar-refractivity contribution in [3.63, 3.8) is 0 Å². The normalized spacial score (nSPS) is 15.7. The number of benzene rings is 1.